The fourth-order valence-electron chi connectivity index (χ4n) is 8.13. The summed E-state index contributed by atoms with van der Waals surface area (Å²) in [4.78, 5) is 7.37. The molecule has 1 N–H and O–H groups in total. The molecular weight excluding hydrogens is 657 g/mol. The molecule has 52 heavy (non-hydrogen) atoms. The van der Waals surface area contributed by atoms with Crippen molar-refractivity contribution < 1.29 is 9.52 Å². The monoisotopic (exact) mass is 694 g/mol. The van der Waals surface area contributed by atoms with Crippen molar-refractivity contribution in [3.8, 4) is 5.75 Å². The molecule has 0 fully saturated rings. The van der Waals surface area contributed by atoms with Gasteiger partial charge in [0.15, 0.2) is 0 Å². The number of thioether (sulfide) groups is 1. The molecule has 5 heteroatoms. The van der Waals surface area contributed by atoms with Gasteiger partial charge in [-0.25, -0.2) is 0 Å². The quantitative estimate of drug-likeness (QED) is 0.176. The highest BCUT2D eigenvalue weighted by Gasteiger charge is 2.30. The summed E-state index contributed by atoms with van der Waals surface area (Å²) in [6, 6.07) is 38.9. The van der Waals surface area contributed by atoms with E-state index in [0.717, 1.165) is 86.4 Å². The number of aliphatic imine (C=N–C) groups is 1. The van der Waals surface area contributed by atoms with Crippen LogP contribution in [0.1, 0.15) is 54.5 Å². The fourth-order valence-corrected chi connectivity index (χ4v) is 9.23. The Morgan fingerprint density at radius 3 is 2.21 bits per heavy atom. The summed E-state index contributed by atoms with van der Waals surface area (Å²) in [6.45, 7) is 0. The minimum absolute atomic E-state index is 0.159. The molecule has 0 amide bonds. The van der Waals surface area contributed by atoms with Gasteiger partial charge in [0.25, 0.3) is 0 Å². The lowest BCUT2D eigenvalue weighted by molar-refractivity contribution is 0.466. The van der Waals surface area contributed by atoms with Gasteiger partial charge in [0, 0.05) is 45.2 Å². The standard InChI is InChI=1S/C47H38N2O2S/c50-43-28-35-24-38(22-18-33(35)26-41(43)30-10-4-1-2-5-11-30)49(37-20-16-32(17-21-37)47-48-46(52-47)31-12-6-3-7-13-31)39-23-19-34-27-42-40-14-8-9-15-44(40)51-45(42)29-36(34)25-39/h1,3-6,8-9,11,14-31,47,50H,2,7,10,12-13H2. The fraction of sp³-hybridized carbons (Fsp3) is 0.170. The third-order valence-corrected chi connectivity index (χ3v) is 12.2. The van der Waals surface area contributed by atoms with Crippen LogP contribution in [-0.2, 0) is 0 Å². The lowest BCUT2D eigenvalue weighted by atomic mass is 9.92. The Morgan fingerprint density at radius 1 is 0.654 bits per heavy atom. The SMILES string of the molecule is Oc1cc2cc(N(c3ccc(C4N=C(C5CC=CCC5)S4)cc3)c3ccc4cc5c(cc4c3)oc3ccccc35)ccc2cc1C1C=CCC=CC1. The van der Waals surface area contributed by atoms with E-state index in [4.69, 9.17) is 9.41 Å². The van der Waals surface area contributed by atoms with E-state index in [0.29, 0.717) is 11.7 Å². The van der Waals surface area contributed by atoms with Gasteiger partial charge in [-0.3, -0.25) is 4.99 Å². The molecule has 1 aliphatic heterocycles. The molecule has 254 valence electrons. The lowest BCUT2D eigenvalue weighted by Gasteiger charge is -2.31. The summed E-state index contributed by atoms with van der Waals surface area (Å²) in [5.74, 6) is 1.09. The van der Waals surface area contributed by atoms with Crippen molar-refractivity contribution in [3.63, 3.8) is 0 Å². The first kappa shape index (κ1) is 31.2. The Hall–Kier alpha value is -5.52. The predicted octanol–water partition coefficient (Wildman–Crippen LogP) is 13.6. The number of hydrogen-bond donors (Lipinski definition) is 1. The Kier molecular flexibility index (Phi) is 7.76. The van der Waals surface area contributed by atoms with Gasteiger partial charge < -0.3 is 14.4 Å². The van der Waals surface area contributed by atoms with Crippen molar-refractivity contribution in [2.75, 3.05) is 4.90 Å². The van der Waals surface area contributed by atoms with E-state index in [1.807, 2.05) is 30.0 Å². The van der Waals surface area contributed by atoms with E-state index in [1.54, 1.807) is 0 Å². The average Bonchev–Trinajstić information content (AvgIpc) is 3.30. The van der Waals surface area contributed by atoms with Crippen molar-refractivity contribution in [2.45, 2.75) is 43.4 Å². The summed E-state index contributed by atoms with van der Waals surface area (Å²) in [5.41, 5.74) is 7.14. The van der Waals surface area contributed by atoms with Crippen molar-refractivity contribution in [1.82, 2.24) is 0 Å². The molecule has 4 nitrogen and oxygen atoms in total. The first-order valence-corrected chi connectivity index (χ1v) is 19.3. The highest BCUT2D eigenvalue weighted by molar-refractivity contribution is 8.15. The summed E-state index contributed by atoms with van der Waals surface area (Å²) >= 11 is 1.92. The van der Waals surface area contributed by atoms with Gasteiger partial charge in [0.05, 0.1) is 5.04 Å². The topological polar surface area (TPSA) is 49.0 Å². The van der Waals surface area contributed by atoms with Crippen LogP contribution in [0.4, 0.5) is 17.1 Å². The third kappa shape index (κ3) is 5.61. The zero-order valence-electron chi connectivity index (χ0n) is 28.8. The zero-order chi connectivity index (χ0) is 34.6. The van der Waals surface area contributed by atoms with Crippen molar-refractivity contribution in [3.05, 3.63) is 157 Å². The van der Waals surface area contributed by atoms with Crippen LogP contribution in [0, 0.1) is 5.92 Å². The second-order valence-electron chi connectivity index (χ2n) is 14.2. The molecule has 1 aromatic heterocycles. The summed E-state index contributed by atoms with van der Waals surface area (Å²) in [5, 5.41) is 19.4. The minimum atomic E-state index is 0.159. The number of benzene rings is 6. The van der Waals surface area contributed by atoms with Crippen molar-refractivity contribution in [2.24, 2.45) is 10.9 Å². The maximum absolute atomic E-state index is 11.3. The maximum Gasteiger partial charge on any atom is 0.136 e. The Balaban J connectivity index is 1.05. The van der Waals surface area contributed by atoms with Crippen LogP contribution in [0.25, 0.3) is 43.5 Å². The normalized spacial score (nSPS) is 20.0. The molecule has 10 rings (SSSR count). The van der Waals surface area contributed by atoms with E-state index in [1.165, 1.54) is 22.4 Å². The molecule has 2 heterocycles. The molecule has 2 aliphatic carbocycles. The highest BCUT2D eigenvalue weighted by atomic mass is 32.2. The van der Waals surface area contributed by atoms with Crippen LogP contribution in [0.5, 0.6) is 5.75 Å². The van der Waals surface area contributed by atoms with Gasteiger partial charge in [-0.2, -0.15) is 0 Å². The lowest BCUT2D eigenvalue weighted by Crippen LogP contribution is -2.21. The van der Waals surface area contributed by atoms with Crippen LogP contribution < -0.4 is 4.90 Å². The number of nitrogens with zero attached hydrogens (tertiary/aromatic N) is 2. The van der Waals surface area contributed by atoms with Gasteiger partial charge in [-0.05, 0) is 126 Å². The number of furan rings is 1. The molecule has 0 radical (unpaired) electrons. The van der Waals surface area contributed by atoms with Crippen LogP contribution >= 0.6 is 11.8 Å². The van der Waals surface area contributed by atoms with Crippen molar-refractivity contribution >= 4 is 77.4 Å². The first-order valence-electron chi connectivity index (χ1n) is 18.4. The molecule has 0 bridgehead atoms. The highest BCUT2D eigenvalue weighted by Crippen LogP contribution is 2.46. The maximum atomic E-state index is 11.3. The van der Waals surface area contributed by atoms with Crippen molar-refractivity contribution in [1.29, 1.82) is 0 Å². The molecule has 6 aromatic carbocycles. The second-order valence-corrected chi connectivity index (χ2v) is 15.3. The van der Waals surface area contributed by atoms with E-state index in [-0.39, 0.29) is 11.3 Å². The number of fused-ring (bicyclic) bond motifs is 5. The number of phenolic OH excluding ortho intramolecular Hbond substituents is 1. The molecule has 0 spiro atoms. The van der Waals surface area contributed by atoms with E-state index in [9.17, 15) is 5.11 Å². The number of allylic oxidation sites excluding steroid dienone is 6. The smallest absolute Gasteiger partial charge is 0.136 e. The molecule has 3 atom stereocenters. The average molecular weight is 695 g/mol. The first-order chi connectivity index (χ1) is 25.6. The molecule has 0 saturated carbocycles. The number of anilines is 3. The summed E-state index contributed by atoms with van der Waals surface area (Å²) < 4.78 is 6.29. The van der Waals surface area contributed by atoms with Gasteiger partial charge >= 0.3 is 0 Å². The van der Waals surface area contributed by atoms with E-state index >= 15 is 0 Å². The third-order valence-electron chi connectivity index (χ3n) is 10.9. The number of aromatic hydroxyl groups is 1. The number of hydrogen-bond acceptors (Lipinski definition) is 5. The van der Waals surface area contributed by atoms with Gasteiger partial charge in [0.1, 0.15) is 22.3 Å². The Morgan fingerprint density at radius 2 is 1.40 bits per heavy atom. The minimum Gasteiger partial charge on any atom is -0.508 e. The Labute approximate surface area is 307 Å². The van der Waals surface area contributed by atoms with Gasteiger partial charge in [-0.1, -0.05) is 90.7 Å². The van der Waals surface area contributed by atoms with E-state index < -0.39 is 0 Å². The van der Waals surface area contributed by atoms with E-state index in [2.05, 4.69) is 132 Å². The molecule has 0 saturated heterocycles. The van der Waals surface area contributed by atoms with Gasteiger partial charge in [0.2, 0.25) is 0 Å². The molecule has 3 aliphatic rings. The van der Waals surface area contributed by atoms with Gasteiger partial charge in [-0.15, -0.1) is 0 Å². The Bertz CT molecular complexity index is 2630. The predicted molar refractivity (Wildman–Crippen MR) is 220 cm³/mol. The van der Waals surface area contributed by atoms with Crippen LogP contribution in [0.3, 0.4) is 0 Å². The number of phenols is 1. The molecule has 3 unspecified atom stereocenters. The van der Waals surface area contributed by atoms with Crippen LogP contribution in [-0.4, -0.2) is 10.2 Å². The number of rotatable bonds is 6. The molecule has 7 aromatic rings. The summed E-state index contributed by atoms with van der Waals surface area (Å²) in [6.07, 6.45) is 18.7. The number of para-hydroxylation sites is 1. The van der Waals surface area contributed by atoms with Crippen LogP contribution in [0.15, 0.2) is 155 Å². The largest absolute Gasteiger partial charge is 0.508 e. The second kappa shape index (κ2) is 12.9. The van der Waals surface area contributed by atoms with Crippen LogP contribution in [0.2, 0.25) is 0 Å². The summed E-state index contributed by atoms with van der Waals surface area (Å²) in [7, 11) is 0. The molecular formula is C47H38N2O2S. The zero-order valence-corrected chi connectivity index (χ0v) is 29.6.